The highest BCUT2D eigenvalue weighted by Crippen LogP contribution is 2.30. The fraction of sp³-hybridized carbons (Fsp3) is 0.308. The summed E-state index contributed by atoms with van der Waals surface area (Å²) >= 11 is 0. The quantitative estimate of drug-likeness (QED) is 0.776. The SMILES string of the molecule is Cn1ccc(C2NCCc3ccc(O)cc32)n1. The average molecular weight is 229 g/mol. The molecule has 1 aliphatic heterocycles. The number of hydrogen-bond donors (Lipinski definition) is 2. The van der Waals surface area contributed by atoms with Crippen LogP contribution in [-0.2, 0) is 13.5 Å². The van der Waals surface area contributed by atoms with Crippen molar-refractivity contribution in [1.29, 1.82) is 0 Å². The maximum absolute atomic E-state index is 9.60. The zero-order valence-electron chi connectivity index (χ0n) is 9.72. The standard InChI is InChI=1S/C13H15N3O/c1-16-7-5-12(15-16)13-11-8-10(17)3-2-9(11)4-6-14-13/h2-3,5,7-8,13-14,17H,4,6H2,1H3. The number of fused-ring (bicyclic) bond motifs is 1. The normalized spacial score (nSPS) is 19.0. The Kier molecular flexibility index (Phi) is 2.37. The number of benzene rings is 1. The van der Waals surface area contributed by atoms with Gasteiger partial charge in [0.15, 0.2) is 0 Å². The highest BCUT2D eigenvalue weighted by atomic mass is 16.3. The minimum atomic E-state index is 0.0899. The molecule has 2 N–H and O–H groups in total. The summed E-state index contributed by atoms with van der Waals surface area (Å²) in [4.78, 5) is 0. The van der Waals surface area contributed by atoms with E-state index < -0.39 is 0 Å². The highest BCUT2D eigenvalue weighted by molar-refractivity contribution is 5.41. The smallest absolute Gasteiger partial charge is 0.115 e. The van der Waals surface area contributed by atoms with E-state index >= 15 is 0 Å². The zero-order valence-corrected chi connectivity index (χ0v) is 9.72. The van der Waals surface area contributed by atoms with Crippen LogP contribution in [-0.4, -0.2) is 21.4 Å². The van der Waals surface area contributed by atoms with E-state index in [9.17, 15) is 5.11 Å². The van der Waals surface area contributed by atoms with Crippen LogP contribution in [0.3, 0.4) is 0 Å². The maximum Gasteiger partial charge on any atom is 0.115 e. The number of rotatable bonds is 1. The van der Waals surface area contributed by atoms with Crippen LogP contribution in [0.15, 0.2) is 30.5 Å². The van der Waals surface area contributed by atoms with Gasteiger partial charge in [-0.3, -0.25) is 4.68 Å². The largest absolute Gasteiger partial charge is 0.508 e. The van der Waals surface area contributed by atoms with Crippen LogP contribution in [0.5, 0.6) is 5.75 Å². The first-order valence-corrected chi connectivity index (χ1v) is 5.79. The van der Waals surface area contributed by atoms with E-state index in [4.69, 9.17) is 0 Å². The van der Waals surface area contributed by atoms with Crippen molar-refractivity contribution in [3.05, 3.63) is 47.3 Å². The average Bonchev–Trinajstić information content (AvgIpc) is 2.75. The lowest BCUT2D eigenvalue weighted by Gasteiger charge is -2.25. The summed E-state index contributed by atoms with van der Waals surface area (Å²) in [7, 11) is 1.91. The number of aromatic hydroxyl groups is 1. The summed E-state index contributed by atoms with van der Waals surface area (Å²) in [5, 5.41) is 17.5. The van der Waals surface area contributed by atoms with Crippen LogP contribution in [0, 0.1) is 0 Å². The molecule has 88 valence electrons. The van der Waals surface area contributed by atoms with Crippen LogP contribution in [0.2, 0.25) is 0 Å². The molecule has 4 heteroatoms. The summed E-state index contributed by atoms with van der Waals surface area (Å²) in [6, 6.07) is 7.69. The molecule has 0 saturated heterocycles. The molecule has 1 aromatic heterocycles. The Bertz CT molecular complexity index is 547. The van der Waals surface area contributed by atoms with Gasteiger partial charge in [-0.2, -0.15) is 5.10 Å². The molecule has 0 fully saturated rings. The Morgan fingerprint density at radius 2 is 2.29 bits per heavy atom. The van der Waals surface area contributed by atoms with Crippen LogP contribution in [0.1, 0.15) is 22.9 Å². The van der Waals surface area contributed by atoms with Gasteiger partial charge in [-0.15, -0.1) is 0 Å². The van der Waals surface area contributed by atoms with Gasteiger partial charge in [0.05, 0.1) is 11.7 Å². The first-order valence-electron chi connectivity index (χ1n) is 5.79. The van der Waals surface area contributed by atoms with E-state index in [1.54, 1.807) is 10.7 Å². The topological polar surface area (TPSA) is 50.1 Å². The first-order chi connectivity index (χ1) is 8.24. The van der Waals surface area contributed by atoms with E-state index in [0.29, 0.717) is 5.75 Å². The van der Waals surface area contributed by atoms with Crippen molar-refractivity contribution >= 4 is 0 Å². The third-order valence-electron chi connectivity index (χ3n) is 3.21. The Labute approximate surface area is 99.9 Å². The van der Waals surface area contributed by atoms with Crippen LogP contribution >= 0.6 is 0 Å². The summed E-state index contributed by atoms with van der Waals surface area (Å²) in [5.74, 6) is 0.313. The van der Waals surface area contributed by atoms with Crippen molar-refractivity contribution in [3.63, 3.8) is 0 Å². The van der Waals surface area contributed by atoms with Crippen molar-refractivity contribution in [2.24, 2.45) is 7.05 Å². The minimum Gasteiger partial charge on any atom is -0.508 e. The monoisotopic (exact) mass is 229 g/mol. The maximum atomic E-state index is 9.60. The molecule has 0 radical (unpaired) electrons. The van der Waals surface area contributed by atoms with E-state index in [0.717, 1.165) is 24.2 Å². The van der Waals surface area contributed by atoms with Gasteiger partial charge in [0.2, 0.25) is 0 Å². The Hall–Kier alpha value is -1.81. The van der Waals surface area contributed by atoms with Gasteiger partial charge >= 0.3 is 0 Å². The highest BCUT2D eigenvalue weighted by Gasteiger charge is 2.23. The molecule has 3 rings (SSSR count). The van der Waals surface area contributed by atoms with Crippen molar-refractivity contribution < 1.29 is 5.11 Å². The predicted octanol–water partition coefficient (Wildman–Crippen LogP) is 1.36. The Balaban J connectivity index is 2.07. The molecule has 0 aliphatic carbocycles. The fourth-order valence-corrected chi connectivity index (χ4v) is 2.39. The lowest BCUT2D eigenvalue weighted by Crippen LogP contribution is -2.30. The second kappa shape index (κ2) is 3.89. The lowest BCUT2D eigenvalue weighted by molar-refractivity contribution is 0.469. The van der Waals surface area contributed by atoms with Gasteiger partial charge in [-0.1, -0.05) is 6.07 Å². The van der Waals surface area contributed by atoms with Crippen LogP contribution in [0.4, 0.5) is 0 Å². The molecule has 2 heterocycles. The Morgan fingerprint density at radius 1 is 1.41 bits per heavy atom. The molecule has 0 bridgehead atoms. The second-order valence-electron chi connectivity index (χ2n) is 4.43. The number of aryl methyl sites for hydroxylation is 1. The molecule has 2 aromatic rings. The molecular weight excluding hydrogens is 214 g/mol. The molecular formula is C13H15N3O. The molecule has 0 saturated carbocycles. The second-order valence-corrected chi connectivity index (χ2v) is 4.43. The molecule has 1 unspecified atom stereocenters. The van der Waals surface area contributed by atoms with Crippen molar-refractivity contribution in [1.82, 2.24) is 15.1 Å². The minimum absolute atomic E-state index is 0.0899. The van der Waals surface area contributed by atoms with Crippen molar-refractivity contribution in [2.45, 2.75) is 12.5 Å². The van der Waals surface area contributed by atoms with E-state index in [2.05, 4.69) is 10.4 Å². The predicted molar refractivity (Wildman–Crippen MR) is 64.9 cm³/mol. The zero-order chi connectivity index (χ0) is 11.8. The number of hydrogen-bond acceptors (Lipinski definition) is 3. The third kappa shape index (κ3) is 1.80. The molecule has 4 nitrogen and oxygen atoms in total. The summed E-state index contributed by atoms with van der Waals surface area (Å²) in [6.07, 6.45) is 2.94. The molecule has 0 spiro atoms. The van der Waals surface area contributed by atoms with Crippen molar-refractivity contribution in [3.8, 4) is 5.75 Å². The fourth-order valence-electron chi connectivity index (χ4n) is 2.39. The number of phenolic OH excluding ortho intramolecular Hbond substituents is 1. The van der Waals surface area contributed by atoms with Crippen LogP contribution in [0.25, 0.3) is 0 Å². The number of phenols is 1. The summed E-state index contributed by atoms with van der Waals surface area (Å²) < 4.78 is 1.80. The van der Waals surface area contributed by atoms with Crippen molar-refractivity contribution in [2.75, 3.05) is 6.54 Å². The van der Waals surface area contributed by atoms with E-state index in [-0.39, 0.29) is 6.04 Å². The summed E-state index contributed by atoms with van der Waals surface area (Å²) in [5.41, 5.74) is 3.42. The molecule has 1 aliphatic rings. The molecule has 0 amide bonds. The van der Waals surface area contributed by atoms with Gasteiger partial charge in [0.1, 0.15) is 5.75 Å². The summed E-state index contributed by atoms with van der Waals surface area (Å²) in [6.45, 7) is 0.943. The van der Waals surface area contributed by atoms with Gasteiger partial charge in [-0.25, -0.2) is 0 Å². The molecule has 17 heavy (non-hydrogen) atoms. The number of nitrogens with one attached hydrogen (secondary N) is 1. The Morgan fingerprint density at radius 3 is 3.06 bits per heavy atom. The van der Waals surface area contributed by atoms with E-state index in [1.165, 1.54) is 5.56 Å². The number of aromatic nitrogens is 2. The molecule has 1 aromatic carbocycles. The number of nitrogens with zero attached hydrogens (tertiary/aromatic N) is 2. The van der Waals surface area contributed by atoms with Gasteiger partial charge in [0, 0.05) is 19.8 Å². The first kappa shape index (κ1) is 10.4. The van der Waals surface area contributed by atoms with Gasteiger partial charge in [0.25, 0.3) is 0 Å². The van der Waals surface area contributed by atoms with E-state index in [1.807, 2.05) is 31.4 Å². The lowest BCUT2D eigenvalue weighted by atomic mass is 9.92. The molecule has 1 atom stereocenters. The van der Waals surface area contributed by atoms with Crippen LogP contribution < -0.4 is 5.32 Å². The van der Waals surface area contributed by atoms with Gasteiger partial charge in [-0.05, 0) is 35.7 Å². The third-order valence-corrected chi connectivity index (χ3v) is 3.21. The van der Waals surface area contributed by atoms with Gasteiger partial charge < -0.3 is 10.4 Å².